The van der Waals surface area contributed by atoms with Gasteiger partial charge in [-0.1, -0.05) is 71.7 Å². The van der Waals surface area contributed by atoms with Crippen molar-refractivity contribution < 1.29 is 14.6 Å². The van der Waals surface area contributed by atoms with Crippen molar-refractivity contribution in [2.45, 2.75) is 24.9 Å². The van der Waals surface area contributed by atoms with Gasteiger partial charge in [-0.3, -0.25) is 4.79 Å². The van der Waals surface area contributed by atoms with Crippen molar-refractivity contribution in [2.75, 3.05) is 19.7 Å². The second-order valence-electron chi connectivity index (χ2n) is 10.6. The minimum Gasteiger partial charge on any atom is -0.475 e. The van der Waals surface area contributed by atoms with Gasteiger partial charge in [0.2, 0.25) is 11.8 Å². The number of aryl methyl sites for hydroxylation is 1. The van der Waals surface area contributed by atoms with Gasteiger partial charge in [0.1, 0.15) is 12.2 Å². The number of imidazole rings is 1. The van der Waals surface area contributed by atoms with Crippen LogP contribution in [0.4, 0.5) is 0 Å². The summed E-state index contributed by atoms with van der Waals surface area (Å²) in [5.74, 6) is 0.555. The number of likely N-dealkylation sites (tertiary alicyclic amines) is 1. The van der Waals surface area contributed by atoms with E-state index in [-0.39, 0.29) is 12.3 Å². The van der Waals surface area contributed by atoms with Crippen molar-refractivity contribution >= 4 is 40.0 Å². The summed E-state index contributed by atoms with van der Waals surface area (Å²) in [7, 11) is 1.90. The summed E-state index contributed by atoms with van der Waals surface area (Å²) >= 11 is 13.4. The number of pyridine rings is 1. The summed E-state index contributed by atoms with van der Waals surface area (Å²) in [6.45, 7) is 1.54. The molecule has 1 aliphatic heterocycles. The number of amides is 1. The van der Waals surface area contributed by atoms with Gasteiger partial charge in [0, 0.05) is 48.7 Å². The number of fused-ring (bicyclic) bond motifs is 1. The fraction of sp³-hybridized carbons (Fsp3) is 0.242. The largest absolute Gasteiger partial charge is 0.475 e. The molecule has 0 aliphatic carbocycles. The first-order chi connectivity index (χ1) is 20.3. The maximum absolute atomic E-state index is 12.4. The van der Waals surface area contributed by atoms with Gasteiger partial charge < -0.3 is 19.3 Å². The molecule has 0 bridgehead atoms. The molecule has 7 nitrogen and oxygen atoms in total. The molecule has 1 saturated heterocycles. The zero-order valence-electron chi connectivity index (χ0n) is 23.1. The Balaban J connectivity index is 1.45. The van der Waals surface area contributed by atoms with Crippen molar-refractivity contribution in [1.29, 1.82) is 0 Å². The average Bonchev–Trinajstić information content (AvgIpc) is 3.60. The molecule has 1 N–H and O–H groups in total. The van der Waals surface area contributed by atoms with Crippen molar-refractivity contribution in [3.63, 3.8) is 0 Å². The highest BCUT2D eigenvalue weighted by Crippen LogP contribution is 2.42. The number of ether oxygens (including phenoxy) is 1. The van der Waals surface area contributed by atoms with Crippen molar-refractivity contribution in [3.05, 3.63) is 112 Å². The molecule has 6 rings (SSSR count). The molecule has 5 aromatic rings. The first-order valence-electron chi connectivity index (χ1n) is 13.9. The average molecular weight is 602 g/mol. The van der Waals surface area contributed by atoms with Gasteiger partial charge in [0.25, 0.3) is 0 Å². The Morgan fingerprint density at radius 1 is 1.02 bits per heavy atom. The summed E-state index contributed by atoms with van der Waals surface area (Å²) in [6.07, 6.45) is 5.21. The third-order valence-electron chi connectivity index (χ3n) is 7.87. The summed E-state index contributed by atoms with van der Waals surface area (Å²) < 4.78 is 8.08. The molecule has 0 radical (unpaired) electrons. The monoisotopic (exact) mass is 600 g/mol. The molecule has 9 heteroatoms. The Morgan fingerprint density at radius 2 is 1.79 bits per heavy atom. The second kappa shape index (κ2) is 11.8. The van der Waals surface area contributed by atoms with E-state index in [9.17, 15) is 9.90 Å². The summed E-state index contributed by atoms with van der Waals surface area (Å²) in [5, 5.41) is 14.1. The zero-order valence-corrected chi connectivity index (χ0v) is 24.6. The van der Waals surface area contributed by atoms with Crippen LogP contribution in [0.3, 0.4) is 0 Å². The quantitative estimate of drug-likeness (QED) is 0.211. The zero-order chi connectivity index (χ0) is 29.3. The molecule has 1 amide bonds. The van der Waals surface area contributed by atoms with E-state index >= 15 is 0 Å². The Kier molecular flexibility index (Phi) is 7.90. The summed E-state index contributed by atoms with van der Waals surface area (Å²) in [6, 6.07) is 22.6. The lowest BCUT2D eigenvalue weighted by Gasteiger charge is -2.30. The van der Waals surface area contributed by atoms with Crippen molar-refractivity contribution in [1.82, 2.24) is 19.4 Å². The van der Waals surface area contributed by atoms with E-state index in [1.54, 1.807) is 24.7 Å². The lowest BCUT2D eigenvalue weighted by molar-refractivity contribution is -0.128. The molecule has 0 saturated carbocycles. The van der Waals surface area contributed by atoms with Crippen LogP contribution in [0.2, 0.25) is 10.0 Å². The number of rotatable bonds is 9. The molecule has 214 valence electrons. The Labute approximate surface area is 254 Å². The fourth-order valence-corrected chi connectivity index (χ4v) is 5.99. The van der Waals surface area contributed by atoms with Crippen LogP contribution in [0.1, 0.15) is 29.7 Å². The van der Waals surface area contributed by atoms with E-state index in [2.05, 4.69) is 4.98 Å². The number of hydrogen-bond donors (Lipinski definition) is 1. The number of carbonyl (C=O) groups is 1. The van der Waals surface area contributed by atoms with E-state index in [0.717, 1.165) is 24.2 Å². The van der Waals surface area contributed by atoms with Gasteiger partial charge in [0.05, 0.1) is 29.0 Å². The van der Waals surface area contributed by atoms with Gasteiger partial charge in [-0.05, 0) is 47.4 Å². The molecule has 42 heavy (non-hydrogen) atoms. The Hall–Kier alpha value is -3.91. The number of benzene rings is 3. The highest BCUT2D eigenvalue weighted by molar-refractivity contribution is 6.38. The molecule has 2 aromatic heterocycles. The van der Waals surface area contributed by atoms with Gasteiger partial charge in [0.15, 0.2) is 0 Å². The molecule has 3 heterocycles. The van der Waals surface area contributed by atoms with Gasteiger partial charge in [-0.15, -0.1) is 0 Å². The van der Waals surface area contributed by atoms with Crippen LogP contribution in [0.5, 0.6) is 5.88 Å². The van der Waals surface area contributed by atoms with Crippen LogP contribution < -0.4 is 4.74 Å². The first kappa shape index (κ1) is 28.2. The van der Waals surface area contributed by atoms with Crippen LogP contribution >= 0.6 is 23.2 Å². The molecule has 0 spiro atoms. The number of nitrogens with zero attached hydrogens (tertiary/aromatic N) is 4. The number of hydrogen-bond acceptors (Lipinski definition) is 5. The fourth-order valence-electron chi connectivity index (χ4n) is 5.53. The molecule has 1 aliphatic rings. The molecular formula is C33H30Cl2N4O3. The second-order valence-corrected chi connectivity index (χ2v) is 11.4. The van der Waals surface area contributed by atoms with Gasteiger partial charge >= 0.3 is 0 Å². The number of halogens is 2. The lowest BCUT2D eigenvalue weighted by Crippen LogP contribution is -2.31. The van der Waals surface area contributed by atoms with E-state index in [0.29, 0.717) is 63.1 Å². The normalized spacial score (nSPS) is 14.9. The minimum atomic E-state index is -1.40. The van der Waals surface area contributed by atoms with Gasteiger partial charge in [-0.25, -0.2) is 9.97 Å². The standard InChI is InChI=1S/C33H30Cl2N4O3/c1-38-21-36-20-26(38)19-33(41,23-9-12-25(34)13-10-23)24-11-14-28-27(18-24)31(35)30(22-6-3-2-4-7-22)32(37-28)42-17-16-39-15-5-8-29(39)40/h2-4,6-7,9-14,18,20-21,41H,5,8,15-17,19H2,1H3. The van der Waals surface area contributed by atoms with Crippen LogP contribution in [0.25, 0.3) is 22.0 Å². The third kappa shape index (κ3) is 5.48. The van der Waals surface area contributed by atoms with E-state index in [4.69, 9.17) is 32.9 Å². The number of aromatic nitrogens is 3. The maximum atomic E-state index is 12.4. The predicted octanol–water partition coefficient (Wildman–Crippen LogP) is 6.42. The maximum Gasteiger partial charge on any atom is 0.223 e. The highest BCUT2D eigenvalue weighted by Gasteiger charge is 2.34. The molecule has 1 unspecified atom stereocenters. The molecule has 1 fully saturated rings. The van der Waals surface area contributed by atoms with Crippen LogP contribution in [-0.2, 0) is 23.9 Å². The van der Waals surface area contributed by atoms with E-state index in [1.165, 1.54) is 0 Å². The predicted molar refractivity (Wildman–Crippen MR) is 165 cm³/mol. The van der Waals surface area contributed by atoms with Gasteiger partial charge in [-0.2, -0.15) is 0 Å². The molecule has 1 atom stereocenters. The smallest absolute Gasteiger partial charge is 0.223 e. The van der Waals surface area contributed by atoms with Crippen LogP contribution in [-0.4, -0.2) is 50.1 Å². The SMILES string of the molecule is Cn1cncc1CC(O)(c1ccc(Cl)cc1)c1ccc2nc(OCCN3CCCC3=O)c(-c3ccccc3)c(Cl)c2c1. The Morgan fingerprint density at radius 3 is 2.48 bits per heavy atom. The summed E-state index contributed by atoms with van der Waals surface area (Å²) in [5.41, 5.74) is 2.96. The highest BCUT2D eigenvalue weighted by atomic mass is 35.5. The van der Waals surface area contributed by atoms with Crippen molar-refractivity contribution in [3.8, 4) is 17.0 Å². The lowest BCUT2D eigenvalue weighted by atomic mass is 9.82. The van der Waals surface area contributed by atoms with E-state index < -0.39 is 5.60 Å². The third-order valence-corrected chi connectivity index (χ3v) is 8.52. The minimum absolute atomic E-state index is 0.151. The molecule has 3 aromatic carbocycles. The number of aliphatic hydroxyl groups is 1. The van der Waals surface area contributed by atoms with Crippen LogP contribution in [0.15, 0.2) is 85.3 Å². The molecular weight excluding hydrogens is 571 g/mol. The summed E-state index contributed by atoms with van der Waals surface area (Å²) in [4.78, 5) is 23.0. The first-order valence-corrected chi connectivity index (χ1v) is 14.6. The number of carbonyl (C=O) groups excluding carboxylic acids is 1. The topological polar surface area (TPSA) is 80.5 Å². The van der Waals surface area contributed by atoms with Crippen LogP contribution in [0, 0.1) is 0 Å². The van der Waals surface area contributed by atoms with E-state index in [1.807, 2.05) is 77.2 Å². The van der Waals surface area contributed by atoms with Crippen molar-refractivity contribution in [2.24, 2.45) is 7.05 Å². The Bertz CT molecular complexity index is 1740.